The number of likely N-dealkylation sites (tertiary alicyclic amines) is 1. The van der Waals surface area contributed by atoms with E-state index in [1.54, 1.807) is 6.07 Å². The number of fused-ring (bicyclic) bond motifs is 1. The zero-order valence-corrected chi connectivity index (χ0v) is 19.7. The third kappa shape index (κ3) is 5.75. The maximum atomic E-state index is 12.9. The number of ether oxygens (including phenoxy) is 2. The molecule has 0 saturated carbocycles. The second-order valence-electron chi connectivity index (χ2n) is 9.00. The normalized spacial score (nSPS) is 16.9. The molecule has 0 radical (unpaired) electrons. The van der Waals surface area contributed by atoms with Gasteiger partial charge in [-0.3, -0.25) is 0 Å². The molecule has 7 nitrogen and oxygen atoms in total. The lowest BCUT2D eigenvalue weighted by molar-refractivity contribution is 0.110. The summed E-state index contributed by atoms with van der Waals surface area (Å²) in [6.07, 6.45) is 1.37. The first-order valence-corrected chi connectivity index (χ1v) is 12.2. The molecule has 2 atom stereocenters. The monoisotopic (exact) mass is 473 g/mol. The minimum Gasteiger partial charge on any atom is -0.486 e. The van der Waals surface area contributed by atoms with Crippen LogP contribution in [-0.2, 0) is 0 Å². The standard InChI is InChI=1S/C28H31N3O4/c32-27(22-10-13-25-26(18-22)35-17-16-34-25)24(19-31-14-4-5-15-31)30-28(33)29-23-11-8-21(9-12-23)20-6-2-1-3-7-20/h1-3,6-13,18,24,27,32H,4-5,14-17,19H2,(H2,29,30,33). The molecule has 2 aliphatic rings. The van der Waals surface area contributed by atoms with Crippen molar-refractivity contribution in [3.63, 3.8) is 0 Å². The number of aliphatic hydroxyl groups is 1. The topological polar surface area (TPSA) is 83.1 Å². The Morgan fingerprint density at radius 3 is 2.31 bits per heavy atom. The molecule has 2 heterocycles. The first-order valence-electron chi connectivity index (χ1n) is 12.2. The lowest BCUT2D eigenvalue weighted by Crippen LogP contribution is -2.48. The number of anilines is 1. The first kappa shape index (κ1) is 23.2. The van der Waals surface area contributed by atoms with Crippen LogP contribution in [0, 0.1) is 0 Å². The van der Waals surface area contributed by atoms with Gasteiger partial charge in [-0.05, 0) is 66.9 Å². The van der Waals surface area contributed by atoms with Crippen molar-refractivity contribution in [2.24, 2.45) is 0 Å². The van der Waals surface area contributed by atoms with Gasteiger partial charge in [-0.25, -0.2) is 4.79 Å². The number of nitrogens with one attached hydrogen (secondary N) is 2. The third-order valence-corrected chi connectivity index (χ3v) is 6.51. The van der Waals surface area contributed by atoms with Crippen LogP contribution in [0.2, 0.25) is 0 Å². The summed E-state index contributed by atoms with van der Waals surface area (Å²) in [5, 5.41) is 17.2. The molecule has 2 unspecified atom stereocenters. The number of nitrogens with zero attached hydrogens (tertiary/aromatic N) is 1. The maximum Gasteiger partial charge on any atom is 0.319 e. The van der Waals surface area contributed by atoms with Crippen LogP contribution in [0.5, 0.6) is 11.5 Å². The van der Waals surface area contributed by atoms with Gasteiger partial charge in [-0.2, -0.15) is 0 Å². The molecule has 2 amide bonds. The predicted molar refractivity (Wildman–Crippen MR) is 136 cm³/mol. The highest BCUT2D eigenvalue weighted by molar-refractivity contribution is 5.89. The van der Waals surface area contributed by atoms with Crippen molar-refractivity contribution < 1.29 is 19.4 Å². The minimum absolute atomic E-state index is 0.349. The molecule has 182 valence electrons. The van der Waals surface area contributed by atoms with Gasteiger partial charge in [-0.1, -0.05) is 48.5 Å². The van der Waals surface area contributed by atoms with Crippen LogP contribution in [0.3, 0.4) is 0 Å². The molecule has 5 rings (SSSR count). The van der Waals surface area contributed by atoms with Gasteiger partial charge in [0.05, 0.1) is 6.04 Å². The van der Waals surface area contributed by atoms with Crippen LogP contribution in [0.15, 0.2) is 72.8 Å². The van der Waals surface area contributed by atoms with Gasteiger partial charge in [0.25, 0.3) is 0 Å². The average Bonchev–Trinajstić information content (AvgIpc) is 3.42. The smallest absolute Gasteiger partial charge is 0.319 e. The highest BCUT2D eigenvalue weighted by atomic mass is 16.6. The number of hydrogen-bond acceptors (Lipinski definition) is 5. The van der Waals surface area contributed by atoms with Crippen molar-refractivity contribution in [3.05, 3.63) is 78.4 Å². The van der Waals surface area contributed by atoms with E-state index in [9.17, 15) is 9.90 Å². The van der Waals surface area contributed by atoms with E-state index >= 15 is 0 Å². The summed E-state index contributed by atoms with van der Waals surface area (Å²) in [6, 6.07) is 22.4. The summed E-state index contributed by atoms with van der Waals surface area (Å²) in [7, 11) is 0. The van der Waals surface area contributed by atoms with Crippen LogP contribution >= 0.6 is 0 Å². The molecule has 3 aromatic carbocycles. The highest BCUT2D eigenvalue weighted by Crippen LogP contribution is 2.33. The number of hydrogen-bond donors (Lipinski definition) is 3. The fourth-order valence-corrected chi connectivity index (χ4v) is 4.66. The second kappa shape index (κ2) is 10.8. The molecule has 1 fully saturated rings. The van der Waals surface area contributed by atoms with Crippen molar-refractivity contribution in [1.82, 2.24) is 10.2 Å². The Hall–Kier alpha value is -3.55. The predicted octanol–water partition coefficient (Wildman–Crippen LogP) is 4.44. The SMILES string of the molecule is O=C(Nc1ccc(-c2ccccc2)cc1)NC(CN1CCCC1)C(O)c1ccc2c(c1)OCCO2. The zero-order valence-electron chi connectivity index (χ0n) is 19.7. The van der Waals surface area contributed by atoms with Crippen LogP contribution in [-0.4, -0.2) is 54.9 Å². The highest BCUT2D eigenvalue weighted by Gasteiger charge is 2.28. The number of aliphatic hydroxyl groups excluding tert-OH is 1. The fourth-order valence-electron chi connectivity index (χ4n) is 4.66. The van der Waals surface area contributed by atoms with Crippen LogP contribution in [0.25, 0.3) is 11.1 Å². The van der Waals surface area contributed by atoms with Gasteiger partial charge in [0.2, 0.25) is 0 Å². The summed E-state index contributed by atoms with van der Waals surface area (Å²) in [4.78, 5) is 15.2. The summed E-state index contributed by atoms with van der Waals surface area (Å²) in [6.45, 7) is 3.49. The van der Waals surface area contributed by atoms with Gasteiger partial charge < -0.3 is 30.1 Å². The third-order valence-electron chi connectivity index (χ3n) is 6.51. The van der Waals surface area contributed by atoms with Gasteiger partial charge in [-0.15, -0.1) is 0 Å². The number of carbonyl (C=O) groups is 1. The number of carbonyl (C=O) groups excluding carboxylic acids is 1. The lowest BCUT2D eigenvalue weighted by Gasteiger charge is -2.29. The van der Waals surface area contributed by atoms with Crippen LogP contribution < -0.4 is 20.1 Å². The van der Waals surface area contributed by atoms with Crippen LogP contribution in [0.4, 0.5) is 10.5 Å². The Morgan fingerprint density at radius 1 is 0.886 bits per heavy atom. The average molecular weight is 474 g/mol. The molecule has 2 aliphatic heterocycles. The van der Waals surface area contributed by atoms with E-state index in [0.717, 1.165) is 37.1 Å². The largest absolute Gasteiger partial charge is 0.486 e. The van der Waals surface area contributed by atoms with Crippen molar-refractivity contribution in [2.75, 3.05) is 38.2 Å². The molecule has 1 saturated heterocycles. The Bertz CT molecular complexity index is 1130. The Balaban J connectivity index is 1.27. The molecule has 0 bridgehead atoms. The molecule has 0 aliphatic carbocycles. The lowest BCUT2D eigenvalue weighted by atomic mass is 10.0. The Labute approximate surface area is 205 Å². The van der Waals surface area contributed by atoms with E-state index in [-0.39, 0.29) is 6.03 Å². The quantitative estimate of drug-likeness (QED) is 0.473. The van der Waals surface area contributed by atoms with E-state index in [1.807, 2.05) is 54.6 Å². The van der Waals surface area contributed by atoms with Gasteiger partial charge in [0, 0.05) is 12.2 Å². The van der Waals surface area contributed by atoms with E-state index in [0.29, 0.717) is 42.5 Å². The summed E-state index contributed by atoms with van der Waals surface area (Å²) < 4.78 is 11.3. The van der Waals surface area contributed by atoms with E-state index in [2.05, 4.69) is 27.7 Å². The molecule has 7 heteroatoms. The minimum atomic E-state index is -0.891. The number of rotatable bonds is 7. The van der Waals surface area contributed by atoms with Gasteiger partial charge in [0.1, 0.15) is 19.3 Å². The van der Waals surface area contributed by atoms with Crippen molar-refractivity contribution in [2.45, 2.75) is 25.0 Å². The second-order valence-corrected chi connectivity index (χ2v) is 9.00. The molecule has 3 aromatic rings. The summed E-state index contributed by atoms with van der Waals surface area (Å²) in [5.41, 5.74) is 3.58. The maximum absolute atomic E-state index is 12.9. The Kier molecular flexibility index (Phi) is 7.16. The van der Waals surface area contributed by atoms with E-state index < -0.39 is 12.1 Å². The van der Waals surface area contributed by atoms with Crippen molar-refractivity contribution in [3.8, 4) is 22.6 Å². The van der Waals surface area contributed by atoms with Crippen molar-refractivity contribution in [1.29, 1.82) is 0 Å². The number of benzene rings is 3. The zero-order chi connectivity index (χ0) is 24.0. The summed E-state index contributed by atoms with van der Waals surface area (Å²) in [5.74, 6) is 1.30. The Morgan fingerprint density at radius 2 is 1.57 bits per heavy atom. The van der Waals surface area contributed by atoms with Crippen molar-refractivity contribution >= 4 is 11.7 Å². The number of urea groups is 1. The number of amides is 2. The van der Waals surface area contributed by atoms with Crippen LogP contribution in [0.1, 0.15) is 24.5 Å². The van der Waals surface area contributed by atoms with E-state index in [4.69, 9.17) is 9.47 Å². The molecule has 0 spiro atoms. The van der Waals surface area contributed by atoms with E-state index in [1.165, 1.54) is 0 Å². The fraction of sp³-hybridized carbons (Fsp3) is 0.321. The van der Waals surface area contributed by atoms with Gasteiger partial charge >= 0.3 is 6.03 Å². The molecule has 35 heavy (non-hydrogen) atoms. The first-order chi connectivity index (χ1) is 17.2. The molecular weight excluding hydrogens is 442 g/mol. The molecule has 3 N–H and O–H groups in total. The molecule has 0 aromatic heterocycles. The van der Waals surface area contributed by atoms with Gasteiger partial charge in [0.15, 0.2) is 11.5 Å². The molecular formula is C28H31N3O4. The summed E-state index contributed by atoms with van der Waals surface area (Å²) >= 11 is 0.